The summed E-state index contributed by atoms with van der Waals surface area (Å²) in [7, 11) is 0. The van der Waals surface area contributed by atoms with Crippen LogP contribution in [0.4, 0.5) is 0 Å². The molecule has 0 unspecified atom stereocenters. The normalized spacial score (nSPS) is 12.7. The van der Waals surface area contributed by atoms with Crippen molar-refractivity contribution in [2.45, 2.75) is 326 Å². The summed E-state index contributed by atoms with van der Waals surface area (Å²) < 4.78 is 82.2. The number of ether oxygens (including phenoxy) is 12. The van der Waals surface area contributed by atoms with Crippen LogP contribution in [-0.4, -0.2) is 126 Å². The Morgan fingerprint density at radius 2 is 0.289 bits per heavy atom. The molecular weight excluding hydrogens is 1770 g/mol. The van der Waals surface area contributed by atoms with Crippen molar-refractivity contribution in [2.24, 2.45) is 0 Å². The zero-order valence-electron chi connectivity index (χ0n) is 87.2. The number of amides is 4. The van der Waals surface area contributed by atoms with E-state index < -0.39 is 23.6 Å². The topological polar surface area (TPSA) is 186 Å². The number of fused-ring (bicyclic) bond motifs is 14. The van der Waals surface area contributed by atoms with Gasteiger partial charge in [0.15, 0.2) is 69.0 Å². The highest BCUT2D eigenvalue weighted by molar-refractivity contribution is 6.41. The molecule has 0 saturated heterocycles. The maximum absolute atomic E-state index is 15.5. The van der Waals surface area contributed by atoms with Crippen molar-refractivity contribution in [1.29, 1.82) is 0 Å². The minimum Gasteiger partial charge on any atom is -0.490 e. The number of hydrogen-bond acceptors (Lipinski definition) is 16. The standard InChI is InChI=1S/C124H158N2O16/c1-11-21-31-41-61-131-105-73-93-95-75-107(133-63-43-33-23-13-3)111(137-67-47-37-27-17-7)79-99(95)103-83-115(113(139-69-49-39-29-19-9)81-101(103)97(93)77-109(105)135-65-45-35-25-15-5)141-71-59-125-121(127)89-55-51-85-87-53-57-91-120-92(58-54-88(118(87)120)86-52-56-90(122(125)128)119(89)117(85)86)124(130)126(123(91)129)60-72-142-116-84-104-100-80-112(138-68-48-38-28-18-8)108(134-64-44-34-24-14-4)76-96(100)94-74-106(132-62-42-32-22-12-2)110(136-66-46-36-26-16-6)78-98(94)102(104)82-114(116)140-70-50-40-30-20-10/h51-58,73-84H,11-50,59-72H2,1-10H3. The first-order chi connectivity index (χ1) is 69.8. The van der Waals surface area contributed by atoms with Crippen LogP contribution in [0.25, 0.3) is 108 Å². The molecule has 0 aliphatic carbocycles. The molecule has 18 nitrogen and oxygen atoms in total. The molecule has 0 N–H and O–H groups in total. The van der Waals surface area contributed by atoms with Gasteiger partial charge in [0, 0.05) is 33.0 Å². The van der Waals surface area contributed by atoms with Gasteiger partial charge in [-0.1, -0.05) is 286 Å². The van der Waals surface area contributed by atoms with E-state index in [1.54, 1.807) is 0 Å². The van der Waals surface area contributed by atoms with Crippen molar-refractivity contribution < 1.29 is 76.0 Å². The predicted octanol–water partition coefficient (Wildman–Crippen LogP) is 33.6. The molecule has 0 aromatic heterocycles. The Labute approximate surface area is 843 Å². The monoisotopic (exact) mass is 1930 g/mol. The third-order valence-electron chi connectivity index (χ3n) is 28.7. The van der Waals surface area contributed by atoms with Gasteiger partial charge in [-0.05, 0) is 258 Å². The van der Waals surface area contributed by atoms with Crippen molar-refractivity contribution in [3.05, 3.63) is 144 Å². The SMILES string of the molecule is CCCCCCOc1cc2c3cc(OCCCCCC)c(OCCCCCC)cc3c3cc(OCCN4C(=O)c5ccc6c7ccc8c9c(ccc(c%10ccc(c5c6%10)C4=O)c97)C(=O)N(CCOc4cc5c6cc(OCCCCCC)c(OCCCCCC)cc6c6cc(OCCCCCC)c(OCCCCCC)cc6c5cc4OCCCCCC)C8=O)c(OCCCCCC)cc3c2cc1OCCCCCC. The molecule has 0 bridgehead atoms. The van der Waals surface area contributed by atoms with E-state index in [-0.39, 0.29) is 26.3 Å². The molecule has 142 heavy (non-hydrogen) atoms. The Bertz CT molecular complexity index is 5830. The van der Waals surface area contributed by atoms with E-state index in [4.69, 9.17) is 56.8 Å². The average molecular weight is 1930 g/mol. The van der Waals surface area contributed by atoms with E-state index in [0.29, 0.717) is 168 Å². The van der Waals surface area contributed by atoms with Crippen molar-refractivity contribution in [3.8, 4) is 69.0 Å². The van der Waals surface area contributed by atoms with E-state index >= 15 is 19.2 Å². The fourth-order valence-electron chi connectivity index (χ4n) is 20.8. The molecule has 0 radical (unpaired) electrons. The van der Waals surface area contributed by atoms with Gasteiger partial charge in [0.2, 0.25) is 0 Å². The lowest BCUT2D eigenvalue weighted by Gasteiger charge is -2.30. The molecule has 2 aliphatic rings. The summed E-state index contributed by atoms with van der Waals surface area (Å²) in [6.07, 6.45) is 42.1. The summed E-state index contributed by atoms with van der Waals surface area (Å²) in [6, 6.07) is 40.8. The molecule has 0 saturated carbocycles. The molecular formula is C124H158N2O16. The van der Waals surface area contributed by atoms with Crippen LogP contribution in [0.3, 0.4) is 0 Å². The molecule has 4 amide bonds. The van der Waals surface area contributed by atoms with Crippen LogP contribution in [0.5, 0.6) is 69.0 Å². The second-order valence-corrected chi connectivity index (χ2v) is 39.5. The van der Waals surface area contributed by atoms with Crippen molar-refractivity contribution in [1.82, 2.24) is 9.80 Å². The minimum atomic E-state index is -0.433. The Hall–Kier alpha value is -11.4. The Balaban J connectivity index is 0.744. The number of unbranched alkanes of at least 4 members (excludes halogenated alkanes) is 30. The molecule has 2 aliphatic heterocycles. The van der Waals surface area contributed by atoms with E-state index in [1.807, 2.05) is 48.5 Å². The van der Waals surface area contributed by atoms with Crippen LogP contribution < -0.4 is 56.8 Å². The zero-order chi connectivity index (χ0) is 99.1. The van der Waals surface area contributed by atoms with Crippen LogP contribution in [0.2, 0.25) is 0 Å². The summed E-state index contributed by atoms with van der Waals surface area (Å²) in [5.74, 6) is 5.94. The van der Waals surface area contributed by atoms with Gasteiger partial charge in [0.1, 0.15) is 13.2 Å². The highest BCUT2D eigenvalue weighted by atomic mass is 16.5. The van der Waals surface area contributed by atoms with Gasteiger partial charge in [0.25, 0.3) is 23.6 Å². The number of imide groups is 2. The fourth-order valence-corrected chi connectivity index (χ4v) is 20.8. The molecule has 0 atom stereocenters. The second-order valence-electron chi connectivity index (χ2n) is 39.5. The number of carbonyl (C=O) groups excluding carboxylic acids is 4. The van der Waals surface area contributed by atoms with Gasteiger partial charge in [-0.25, -0.2) is 0 Å². The lowest BCUT2D eigenvalue weighted by molar-refractivity contribution is 0.0572. The highest BCUT2D eigenvalue weighted by Crippen LogP contribution is 2.53. The quantitative estimate of drug-likeness (QED) is 0.0152. The third-order valence-corrected chi connectivity index (χ3v) is 28.7. The van der Waals surface area contributed by atoms with E-state index in [9.17, 15) is 0 Å². The maximum Gasteiger partial charge on any atom is 0.261 e. The maximum atomic E-state index is 15.5. The lowest BCUT2D eigenvalue weighted by Crippen LogP contribution is -2.42. The largest absolute Gasteiger partial charge is 0.490 e. The summed E-state index contributed by atoms with van der Waals surface area (Å²) in [6.45, 7) is 27.4. The number of nitrogens with zero attached hydrogens (tertiary/aromatic N) is 2. The fraction of sp³-hybridized carbons (Fsp3) is 0.516. The first-order valence-corrected chi connectivity index (χ1v) is 55.4. The number of hydrogen-bond donors (Lipinski definition) is 0. The number of carbonyl (C=O) groups is 4. The van der Waals surface area contributed by atoms with Crippen LogP contribution in [0.15, 0.2) is 121 Å². The lowest BCUT2D eigenvalue weighted by atomic mass is 9.82. The molecule has 15 rings (SSSR count). The van der Waals surface area contributed by atoms with Gasteiger partial charge >= 0.3 is 0 Å². The average Bonchev–Trinajstić information content (AvgIpc) is 0.685. The predicted molar refractivity (Wildman–Crippen MR) is 584 cm³/mol. The van der Waals surface area contributed by atoms with Gasteiger partial charge in [-0.15, -0.1) is 0 Å². The van der Waals surface area contributed by atoms with Crippen molar-refractivity contribution in [3.63, 3.8) is 0 Å². The van der Waals surface area contributed by atoms with Gasteiger partial charge < -0.3 is 56.8 Å². The molecule has 0 fully saturated rings. The molecule has 13 aromatic rings. The molecule has 18 heteroatoms. The van der Waals surface area contributed by atoms with Gasteiger partial charge in [-0.2, -0.15) is 0 Å². The Kier molecular flexibility index (Phi) is 39.4. The summed E-state index contributed by atoms with van der Waals surface area (Å²) >= 11 is 0. The number of rotatable bonds is 68. The summed E-state index contributed by atoms with van der Waals surface area (Å²) in [5, 5.41) is 17.3. The first-order valence-electron chi connectivity index (χ1n) is 55.4. The van der Waals surface area contributed by atoms with Crippen LogP contribution in [0.1, 0.15) is 368 Å². The van der Waals surface area contributed by atoms with Crippen molar-refractivity contribution in [2.75, 3.05) is 92.4 Å². The molecule has 13 aromatic carbocycles. The van der Waals surface area contributed by atoms with Gasteiger partial charge in [-0.3, -0.25) is 29.0 Å². The van der Waals surface area contributed by atoms with Crippen LogP contribution in [-0.2, 0) is 0 Å². The summed E-state index contributed by atoms with van der Waals surface area (Å²) in [5.41, 5.74) is 1.58. The van der Waals surface area contributed by atoms with Crippen LogP contribution >= 0.6 is 0 Å². The Morgan fingerprint density at radius 3 is 0.423 bits per heavy atom. The van der Waals surface area contributed by atoms with E-state index in [1.165, 1.54) is 9.80 Å². The Morgan fingerprint density at radius 1 is 0.155 bits per heavy atom. The molecule has 0 spiro atoms. The van der Waals surface area contributed by atoms with Crippen molar-refractivity contribution >= 4 is 131 Å². The summed E-state index contributed by atoms with van der Waals surface area (Å²) in [4.78, 5) is 64.5. The minimum absolute atomic E-state index is 0.0370. The zero-order valence-corrected chi connectivity index (χ0v) is 87.2. The van der Waals surface area contributed by atoms with E-state index in [2.05, 4.69) is 142 Å². The number of benzene rings is 13. The first kappa shape index (κ1) is 105. The van der Waals surface area contributed by atoms with Crippen LogP contribution in [0, 0.1) is 0 Å². The highest BCUT2D eigenvalue weighted by Gasteiger charge is 2.38. The molecule has 760 valence electrons. The van der Waals surface area contributed by atoms with Gasteiger partial charge in [0.05, 0.1) is 79.2 Å². The second kappa shape index (κ2) is 53.3. The smallest absolute Gasteiger partial charge is 0.261 e. The van der Waals surface area contributed by atoms with E-state index in [0.717, 1.165) is 354 Å². The molecule has 2 heterocycles. The third kappa shape index (κ3) is 24.8.